The van der Waals surface area contributed by atoms with Crippen molar-refractivity contribution in [2.75, 3.05) is 13.1 Å². The molecule has 1 aliphatic heterocycles. The van der Waals surface area contributed by atoms with Gasteiger partial charge in [0.1, 0.15) is 0 Å². The molecule has 1 aliphatic rings. The summed E-state index contributed by atoms with van der Waals surface area (Å²) in [6, 6.07) is 12.6. The van der Waals surface area contributed by atoms with Gasteiger partial charge in [0.2, 0.25) is 0 Å². The minimum absolute atomic E-state index is 0. The lowest BCUT2D eigenvalue weighted by atomic mass is 9.95. The van der Waals surface area contributed by atoms with Gasteiger partial charge in [0.05, 0.1) is 5.56 Å². The average molecular weight is 362 g/mol. The number of aryl methyl sites for hydroxylation is 1. The van der Waals surface area contributed by atoms with Crippen molar-refractivity contribution in [3.63, 3.8) is 0 Å². The summed E-state index contributed by atoms with van der Waals surface area (Å²) < 4.78 is 2.22. The highest BCUT2D eigenvalue weighted by atomic mass is 35.5. The summed E-state index contributed by atoms with van der Waals surface area (Å²) in [7, 11) is 0. The molecule has 0 bridgehead atoms. The number of halogens is 1. The highest BCUT2D eigenvalue weighted by Crippen LogP contribution is 2.29. The maximum absolute atomic E-state index is 13.0. The van der Waals surface area contributed by atoms with E-state index in [2.05, 4.69) is 37.5 Å². The highest BCUT2D eigenvalue weighted by Gasteiger charge is 2.35. The molecule has 0 aliphatic carbocycles. The van der Waals surface area contributed by atoms with Gasteiger partial charge in [-0.2, -0.15) is 0 Å². The minimum Gasteiger partial charge on any atom is -0.346 e. The summed E-state index contributed by atoms with van der Waals surface area (Å²) in [4.78, 5) is 14.9. The van der Waals surface area contributed by atoms with Crippen LogP contribution in [0.25, 0.3) is 0 Å². The van der Waals surface area contributed by atoms with Gasteiger partial charge in [-0.05, 0) is 39.3 Å². The molecule has 0 spiro atoms. The van der Waals surface area contributed by atoms with Crippen molar-refractivity contribution in [3.05, 3.63) is 58.9 Å². The summed E-state index contributed by atoms with van der Waals surface area (Å²) in [6.45, 7) is 9.69. The fourth-order valence-corrected chi connectivity index (χ4v) is 4.01. The number of carbonyl (C=O) groups excluding carboxylic acids is 1. The van der Waals surface area contributed by atoms with Crippen LogP contribution in [0.5, 0.6) is 0 Å². The molecule has 4 nitrogen and oxygen atoms in total. The number of nitrogens with two attached hydrogens (primary N) is 1. The van der Waals surface area contributed by atoms with Crippen LogP contribution in [0.3, 0.4) is 0 Å². The molecule has 1 aromatic carbocycles. The molecule has 1 amide bonds. The summed E-state index contributed by atoms with van der Waals surface area (Å²) in [6.07, 6.45) is 0. The predicted octanol–water partition coefficient (Wildman–Crippen LogP) is 3.67. The minimum atomic E-state index is -0.00932. The quantitative estimate of drug-likeness (QED) is 0.906. The number of hydrogen-bond acceptors (Lipinski definition) is 2. The third kappa shape index (κ3) is 3.60. The van der Waals surface area contributed by atoms with Gasteiger partial charge in [-0.3, -0.25) is 4.79 Å². The molecule has 25 heavy (non-hydrogen) atoms. The molecule has 2 aromatic rings. The maximum atomic E-state index is 13.0. The Kier molecular flexibility index (Phi) is 5.96. The molecule has 1 fully saturated rings. The maximum Gasteiger partial charge on any atom is 0.255 e. The summed E-state index contributed by atoms with van der Waals surface area (Å²) in [5.74, 6) is 0.313. The van der Waals surface area contributed by atoms with Gasteiger partial charge in [0, 0.05) is 42.5 Å². The van der Waals surface area contributed by atoms with Crippen LogP contribution in [0.15, 0.2) is 36.4 Å². The van der Waals surface area contributed by atoms with Crippen molar-refractivity contribution in [1.29, 1.82) is 0 Å². The van der Waals surface area contributed by atoms with Crippen LogP contribution >= 0.6 is 12.4 Å². The third-order valence-electron chi connectivity index (χ3n) is 5.11. The van der Waals surface area contributed by atoms with E-state index in [-0.39, 0.29) is 30.3 Å². The largest absolute Gasteiger partial charge is 0.346 e. The van der Waals surface area contributed by atoms with Crippen LogP contribution in [0.2, 0.25) is 0 Å². The van der Waals surface area contributed by atoms with Crippen LogP contribution in [0.4, 0.5) is 0 Å². The van der Waals surface area contributed by atoms with Crippen LogP contribution in [0.1, 0.15) is 53.1 Å². The number of amides is 1. The van der Waals surface area contributed by atoms with Gasteiger partial charge in [-0.25, -0.2) is 0 Å². The lowest BCUT2D eigenvalue weighted by Gasteiger charge is -2.18. The fourth-order valence-electron chi connectivity index (χ4n) is 4.01. The van der Waals surface area contributed by atoms with Gasteiger partial charge in [0.25, 0.3) is 5.91 Å². The highest BCUT2D eigenvalue weighted by molar-refractivity contribution is 5.96. The number of carbonyl (C=O) groups is 1. The molecule has 3 rings (SSSR count). The molecular weight excluding hydrogens is 334 g/mol. The average Bonchev–Trinajstić information content (AvgIpc) is 3.07. The zero-order valence-corrected chi connectivity index (χ0v) is 16.2. The standard InChI is InChI=1S/C20H27N3O.ClH/c1-13(2)23-14(3)10-17(15(23)4)20(24)22-11-18(19(21)12-22)16-8-6-5-7-9-16;/h5-10,13,18-19H,11-12,21H2,1-4H3;1H/t18-,19+;/m0./s1. The molecule has 136 valence electrons. The number of rotatable bonds is 3. The smallest absolute Gasteiger partial charge is 0.255 e. The van der Waals surface area contributed by atoms with Crippen molar-refractivity contribution >= 4 is 18.3 Å². The molecule has 2 heterocycles. The Balaban J connectivity index is 0.00000225. The lowest BCUT2D eigenvalue weighted by molar-refractivity contribution is 0.0788. The molecule has 0 radical (unpaired) electrons. The van der Waals surface area contributed by atoms with Crippen LogP contribution in [-0.4, -0.2) is 34.5 Å². The number of nitrogens with zero attached hydrogens (tertiary/aromatic N) is 2. The normalized spacial score (nSPS) is 20.0. The zero-order chi connectivity index (χ0) is 17.4. The lowest BCUT2D eigenvalue weighted by Crippen LogP contribution is -2.32. The van der Waals surface area contributed by atoms with E-state index in [0.717, 1.165) is 17.0 Å². The van der Waals surface area contributed by atoms with E-state index in [4.69, 9.17) is 5.73 Å². The first kappa shape index (κ1) is 19.5. The molecule has 1 aromatic heterocycles. The first-order chi connectivity index (χ1) is 11.4. The van der Waals surface area contributed by atoms with Gasteiger partial charge >= 0.3 is 0 Å². The van der Waals surface area contributed by atoms with E-state index in [0.29, 0.717) is 19.1 Å². The van der Waals surface area contributed by atoms with Crippen molar-refractivity contribution in [1.82, 2.24) is 9.47 Å². The van der Waals surface area contributed by atoms with E-state index < -0.39 is 0 Å². The number of likely N-dealkylation sites (tertiary alicyclic amines) is 1. The van der Waals surface area contributed by atoms with E-state index in [1.807, 2.05) is 36.1 Å². The second kappa shape index (κ2) is 7.63. The Labute approximate surface area is 156 Å². The van der Waals surface area contributed by atoms with E-state index in [1.54, 1.807) is 0 Å². The van der Waals surface area contributed by atoms with Crippen LogP contribution < -0.4 is 5.73 Å². The Hall–Kier alpha value is -1.78. The van der Waals surface area contributed by atoms with E-state index in [1.165, 1.54) is 5.56 Å². The molecule has 2 N–H and O–H groups in total. The predicted molar refractivity (Wildman–Crippen MR) is 105 cm³/mol. The third-order valence-corrected chi connectivity index (χ3v) is 5.11. The number of hydrogen-bond donors (Lipinski definition) is 1. The second-order valence-electron chi connectivity index (χ2n) is 7.14. The summed E-state index contributed by atoms with van der Waals surface area (Å²) in [5.41, 5.74) is 10.5. The Morgan fingerprint density at radius 1 is 1.16 bits per heavy atom. The fraction of sp³-hybridized carbons (Fsp3) is 0.450. The van der Waals surface area contributed by atoms with Crippen molar-refractivity contribution in [3.8, 4) is 0 Å². The van der Waals surface area contributed by atoms with E-state index >= 15 is 0 Å². The van der Waals surface area contributed by atoms with E-state index in [9.17, 15) is 4.79 Å². The molecule has 5 heteroatoms. The second-order valence-corrected chi connectivity index (χ2v) is 7.14. The van der Waals surface area contributed by atoms with Gasteiger partial charge in [-0.15, -0.1) is 12.4 Å². The Bertz CT molecular complexity index is 739. The van der Waals surface area contributed by atoms with Crippen molar-refractivity contribution in [2.45, 2.75) is 45.7 Å². The topological polar surface area (TPSA) is 51.3 Å². The SMILES string of the molecule is Cc1cc(C(=O)N2C[C@@H](N)[C@H](c3ccccc3)C2)c(C)n1C(C)C.Cl. The van der Waals surface area contributed by atoms with Crippen LogP contribution in [0, 0.1) is 13.8 Å². The Morgan fingerprint density at radius 2 is 1.80 bits per heavy atom. The molecular formula is C20H28ClN3O. The molecule has 0 saturated carbocycles. The first-order valence-corrected chi connectivity index (χ1v) is 8.68. The van der Waals surface area contributed by atoms with Crippen LogP contribution in [-0.2, 0) is 0 Å². The summed E-state index contributed by atoms with van der Waals surface area (Å²) >= 11 is 0. The monoisotopic (exact) mass is 361 g/mol. The van der Waals surface area contributed by atoms with Crippen molar-refractivity contribution < 1.29 is 4.79 Å². The van der Waals surface area contributed by atoms with Gasteiger partial charge < -0.3 is 15.2 Å². The zero-order valence-electron chi connectivity index (χ0n) is 15.4. The number of aromatic nitrogens is 1. The first-order valence-electron chi connectivity index (χ1n) is 8.68. The summed E-state index contributed by atoms with van der Waals surface area (Å²) in [5, 5.41) is 0. The molecule has 0 unspecified atom stereocenters. The molecule has 2 atom stereocenters. The van der Waals surface area contributed by atoms with Crippen molar-refractivity contribution in [2.24, 2.45) is 5.73 Å². The van der Waals surface area contributed by atoms with Gasteiger partial charge in [0.15, 0.2) is 0 Å². The number of benzene rings is 1. The molecule has 1 saturated heterocycles. The Morgan fingerprint density at radius 3 is 2.36 bits per heavy atom. The van der Waals surface area contributed by atoms with Gasteiger partial charge in [-0.1, -0.05) is 30.3 Å².